The van der Waals surface area contributed by atoms with Crippen LogP contribution in [0.25, 0.3) is 0 Å². The molecule has 0 bridgehead atoms. The average molecular weight is 186 g/mol. The van der Waals surface area contributed by atoms with Crippen LogP contribution in [-0.4, -0.2) is 31.7 Å². The zero-order valence-corrected chi connectivity index (χ0v) is 6.19. The molecule has 0 aromatic carbocycles. The van der Waals surface area contributed by atoms with E-state index in [1.807, 2.05) is 0 Å². The van der Waals surface area contributed by atoms with Crippen LogP contribution in [0.15, 0.2) is 9.98 Å². The predicted octanol–water partition coefficient (Wildman–Crippen LogP) is 1.85. The van der Waals surface area contributed by atoms with Crippen LogP contribution in [0.4, 0.5) is 0 Å². The van der Waals surface area contributed by atoms with E-state index in [0.29, 0.717) is 13.2 Å². The maximum Gasteiger partial charge on any atom is 0.378 e. The molecule has 13 heavy (non-hydrogen) atoms. The van der Waals surface area contributed by atoms with Crippen LogP contribution in [0.2, 0.25) is 0 Å². The van der Waals surface area contributed by atoms with Gasteiger partial charge < -0.3 is 9.47 Å². The van der Waals surface area contributed by atoms with Crippen molar-refractivity contribution in [2.75, 3.05) is 13.2 Å². The molecule has 0 fully saturated rings. The molecular weight excluding hydrogens is 168 g/mol. The summed E-state index contributed by atoms with van der Waals surface area (Å²) in [6, 6.07) is -1.00. The van der Waals surface area contributed by atoms with Gasteiger partial charge in [-0.05, 0) is 0 Å². The molecular formula is C9H18N2O2. The van der Waals surface area contributed by atoms with E-state index in [4.69, 9.17) is 9.47 Å². The minimum atomic E-state index is -1.00. The van der Waals surface area contributed by atoms with Crippen LogP contribution >= 0.6 is 0 Å². The van der Waals surface area contributed by atoms with Gasteiger partial charge in [-0.1, -0.05) is 14.9 Å². The lowest BCUT2D eigenvalue weighted by Crippen LogP contribution is -2.37. The van der Waals surface area contributed by atoms with Crippen molar-refractivity contribution in [1.82, 2.24) is 0 Å². The third kappa shape index (κ3) is 2.60. The zero-order valence-electron chi connectivity index (χ0n) is 6.19. The monoisotopic (exact) mass is 186 g/mol. The number of hydrogen-bond donors (Lipinski definition) is 0. The SMILES string of the molecule is C.C.C1=NC2(N=CCCO2)OCC1. The zero-order chi connectivity index (χ0) is 7.57. The summed E-state index contributed by atoms with van der Waals surface area (Å²) in [7, 11) is 0. The van der Waals surface area contributed by atoms with Crippen LogP contribution < -0.4 is 0 Å². The van der Waals surface area contributed by atoms with E-state index in [-0.39, 0.29) is 14.9 Å². The van der Waals surface area contributed by atoms with Crippen LogP contribution in [-0.2, 0) is 9.47 Å². The van der Waals surface area contributed by atoms with Crippen molar-refractivity contribution in [2.45, 2.75) is 33.7 Å². The van der Waals surface area contributed by atoms with Gasteiger partial charge in [0, 0.05) is 25.3 Å². The molecule has 0 N–H and O–H groups in total. The molecule has 0 aromatic rings. The second-order valence-corrected chi connectivity index (χ2v) is 2.45. The van der Waals surface area contributed by atoms with Gasteiger partial charge in [-0.25, -0.2) is 9.98 Å². The van der Waals surface area contributed by atoms with Gasteiger partial charge in [0.15, 0.2) is 0 Å². The maximum absolute atomic E-state index is 5.29. The van der Waals surface area contributed by atoms with Gasteiger partial charge in [0.25, 0.3) is 0 Å². The van der Waals surface area contributed by atoms with Crippen molar-refractivity contribution in [3.05, 3.63) is 0 Å². The Morgan fingerprint density at radius 1 is 0.923 bits per heavy atom. The fourth-order valence-corrected chi connectivity index (χ4v) is 1.07. The number of hydrogen-bond acceptors (Lipinski definition) is 4. The van der Waals surface area contributed by atoms with Crippen LogP contribution in [0.5, 0.6) is 0 Å². The Balaban J connectivity index is 0.000000720. The summed E-state index contributed by atoms with van der Waals surface area (Å²) >= 11 is 0. The van der Waals surface area contributed by atoms with E-state index < -0.39 is 6.03 Å². The van der Waals surface area contributed by atoms with Gasteiger partial charge in [0.2, 0.25) is 0 Å². The molecule has 4 nitrogen and oxygen atoms in total. The van der Waals surface area contributed by atoms with Gasteiger partial charge >= 0.3 is 6.03 Å². The average Bonchev–Trinajstić information content (AvgIpc) is 2.07. The molecule has 0 aliphatic carbocycles. The first-order valence-corrected chi connectivity index (χ1v) is 3.77. The molecule has 0 saturated carbocycles. The lowest BCUT2D eigenvalue weighted by Gasteiger charge is -2.29. The quantitative estimate of drug-likeness (QED) is 0.579. The molecule has 0 atom stereocenters. The van der Waals surface area contributed by atoms with E-state index in [2.05, 4.69) is 9.98 Å². The lowest BCUT2D eigenvalue weighted by molar-refractivity contribution is -0.231. The number of aliphatic imine (C=N–C) groups is 2. The Hall–Kier alpha value is -0.740. The fourth-order valence-electron chi connectivity index (χ4n) is 1.07. The summed E-state index contributed by atoms with van der Waals surface area (Å²) in [5.74, 6) is 0. The lowest BCUT2D eigenvalue weighted by atomic mass is 10.4. The minimum Gasteiger partial charge on any atom is -0.312 e. The smallest absolute Gasteiger partial charge is 0.312 e. The first-order valence-electron chi connectivity index (χ1n) is 3.77. The molecule has 0 saturated heterocycles. The fraction of sp³-hybridized carbons (Fsp3) is 0.778. The summed E-state index contributed by atoms with van der Waals surface area (Å²) in [6.45, 7) is 1.28. The third-order valence-electron chi connectivity index (χ3n) is 1.58. The third-order valence-corrected chi connectivity index (χ3v) is 1.58. The second-order valence-electron chi connectivity index (χ2n) is 2.45. The van der Waals surface area contributed by atoms with Crippen molar-refractivity contribution in [2.24, 2.45) is 9.98 Å². The highest BCUT2D eigenvalue weighted by Gasteiger charge is 2.33. The first kappa shape index (κ1) is 12.3. The van der Waals surface area contributed by atoms with Crippen molar-refractivity contribution in [3.63, 3.8) is 0 Å². The molecule has 0 amide bonds. The Morgan fingerprint density at radius 3 is 1.69 bits per heavy atom. The molecule has 2 aliphatic rings. The van der Waals surface area contributed by atoms with E-state index >= 15 is 0 Å². The molecule has 4 heteroatoms. The minimum absolute atomic E-state index is 0. The number of rotatable bonds is 0. The highest BCUT2D eigenvalue weighted by atomic mass is 16.7. The van der Waals surface area contributed by atoms with Crippen molar-refractivity contribution < 1.29 is 9.47 Å². The van der Waals surface area contributed by atoms with Gasteiger partial charge in [-0.15, -0.1) is 0 Å². The number of ether oxygens (including phenoxy) is 2. The Bertz CT molecular complexity index is 180. The van der Waals surface area contributed by atoms with Crippen molar-refractivity contribution in [1.29, 1.82) is 0 Å². The topological polar surface area (TPSA) is 43.2 Å². The first-order chi connectivity index (χ1) is 5.41. The molecule has 2 heterocycles. The predicted molar refractivity (Wildman–Crippen MR) is 54.3 cm³/mol. The van der Waals surface area contributed by atoms with Gasteiger partial charge in [0.1, 0.15) is 0 Å². The van der Waals surface area contributed by atoms with E-state index in [9.17, 15) is 0 Å². The van der Waals surface area contributed by atoms with E-state index in [1.165, 1.54) is 0 Å². The van der Waals surface area contributed by atoms with Crippen LogP contribution in [0.1, 0.15) is 27.7 Å². The Kier molecular flexibility index (Phi) is 4.80. The normalized spacial score (nSPS) is 23.4. The molecule has 2 aliphatic heterocycles. The van der Waals surface area contributed by atoms with Gasteiger partial charge in [0.05, 0.1) is 13.2 Å². The van der Waals surface area contributed by atoms with E-state index in [0.717, 1.165) is 12.8 Å². The van der Waals surface area contributed by atoms with Crippen molar-refractivity contribution in [3.8, 4) is 0 Å². The summed E-state index contributed by atoms with van der Waals surface area (Å²) < 4.78 is 10.6. The summed E-state index contributed by atoms with van der Waals surface area (Å²) in [5.41, 5.74) is 0. The summed E-state index contributed by atoms with van der Waals surface area (Å²) in [6.07, 6.45) is 5.29. The summed E-state index contributed by atoms with van der Waals surface area (Å²) in [4.78, 5) is 8.11. The van der Waals surface area contributed by atoms with Crippen LogP contribution in [0, 0.1) is 0 Å². The highest BCUT2D eigenvalue weighted by molar-refractivity contribution is 5.61. The van der Waals surface area contributed by atoms with E-state index in [1.54, 1.807) is 12.4 Å². The van der Waals surface area contributed by atoms with Crippen LogP contribution in [0.3, 0.4) is 0 Å². The summed E-state index contributed by atoms with van der Waals surface area (Å²) in [5, 5.41) is 0. The number of nitrogens with zero attached hydrogens (tertiary/aromatic N) is 2. The van der Waals surface area contributed by atoms with Gasteiger partial charge in [-0.2, -0.15) is 0 Å². The Labute approximate surface area is 79.7 Å². The van der Waals surface area contributed by atoms with Crippen molar-refractivity contribution >= 4 is 12.4 Å². The molecule has 1 spiro atoms. The molecule has 0 radical (unpaired) electrons. The largest absolute Gasteiger partial charge is 0.378 e. The molecule has 2 rings (SSSR count). The molecule has 0 unspecified atom stereocenters. The molecule has 0 aromatic heterocycles. The van der Waals surface area contributed by atoms with Gasteiger partial charge in [-0.3, -0.25) is 0 Å². The molecule has 76 valence electrons. The highest BCUT2D eigenvalue weighted by Crippen LogP contribution is 2.22. The Morgan fingerprint density at radius 2 is 1.38 bits per heavy atom. The maximum atomic E-state index is 5.29. The standard InChI is InChI=1S/C7H10N2O2.2CH4/c1-3-8-7(10-5-1)9-4-2-6-11-7;;/h3-4H,1-2,5-6H2;2*1H4. The second kappa shape index (κ2) is 5.09.